The second-order valence-corrected chi connectivity index (χ2v) is 4.60. The molecule has 1 aliphatic rings. The number of fused-ring (bicyclic) bond motifs is 1. The summed E-state index contributed by atoms with van der Waals surface area (Å²) in [6.07, 6.45) is 2.44. The van der Waals surface area contributed by atoms with E-state index in [1.807, 2.05) is 6.07 Å². The first-order chi connectivity index (χ1) is 6.20. The molecule has 0 bridgehead atoms. The lowest BCUT2D eigenvalue weighted by atomic mass is 9.90. The molecule has 0 fully saturated rings. The predicted molar refractivity (Wildman–Crippen MR) is 57.4 cm³/mol. The number of rotatable bonds is 1. The average molecular weight is 195 g/mol. The topological polar surface area (TPSA) is 0 Å². The van der Waals surface area contributed by atoms with E-state index in [-0.39, 0.29) is 0 Å². The Morgan fingerprint density at radius 1 is 1.38 bits per heavy atom. The highest BCUT2D eigenvalue weighted by molar-refractivity contribution is 6.31. The quantitative estimate of drug-likeness (QED) is 0.634. The Hall–Kier alpha value is -0.490. The summed E-state index contributed by atoms with van der Waals surface area (Å²) < 4.78 is 0. The normalized spacial score (nSPS) is 20.8. The highest BCUT2D eigenvalue weighted by Crippen LogP contribution is 2.40. The fourth-order valence-corrected chi connectivity index (χ4v) is 2.61. The highest BCUT2D eigenvalue weighted by atomic mass is 35.5. The second kappa shape index (κ2) is 3.34. The van der Waals surface area contributed by atoms with Crippen LogP contribution in [0.5, 0.6) is 0 Å². The molecule has 2 rings (SSSR count). The van der Waals surface area contributed by atoms with E-state index in [0.29, 0.717) is 0 Å². The molecule has 0 amide bonds. The van der Waals surface area contributed by atoms with Crippen molar-refractivity contribution in [3.63, 3.8) is 0 Å². The van der Waals surface area contributed by atoms with Crippen LogP contribution in [0, 0.1) is 5.92 Å². The van der Waals surface area contributed by atoms with Gasteiger partial charge in [0, 0.05) is 5.02 Å². The predicted octanol–water partition coefficient (Wildman–Crippen LogP) is 4.03. The molecule has 1 aliphatic carbocycles. The van der Waals surface area contributed by atoms with Crippen LogP contribution in [-0.4, -0.2) is 0 Å². The molecule has 0 spiro atoms. The van der Waals surface area contributed by atoms with Crippen LogP contribution < -0.4 is 0 Å². The van der Waals surface area contributed by atoms with Crippen LogP contribution in [0.25, 0.3) is 0 Å². The Bertz CT molecular complexity index is 315. The number of hydrogen-bond donors (Lipinski definition) is 0. The van der Waals surface area contributed by atoms with Gasteiger partial charge in [0.1, 0.15) is 0 Å². The molecule has 0 nitrogen and oxygen atoms in total. The standard InChI is InChI=1S/C12H15Cl/c1-8(2)9-6-7-11-10(9)4-3-5-12(11)13/h3-5,8-9H,6-7H2,1-2H3. The van der Waals surface area contributed by atoms with E-state index in [2.05, 4.69) is 26.0 Å². The van der Waals surface area contributed by atoms with Crippen molar-refractivity contribution in [2.75, 3.05) is 0 Å². The SMILES string of the molecule is CC(C)C1CCc2c(Cl)cccc21. The van der Waals surface area contributed by atoms with Crippen molar-refractivity contribution in [2.24, 2.45) is 5.92 Å². The van der Waals surface area contributed by atoms with E-state index in [9.17, 15) is 0 Å². The van der Waals surface area contributed by atoms with Gasteiger partial charge in [-0.3, -0.25) is 0 Å². The summed E-state index contributed by atoms with van der Waals surface area (Å²) in [7, 11) is 0. The van der Waals surface area contributed by atoms with E-state index in [1.54, 1.807) is 0 Å². The summed E-state index contributed by atoms with van der Waals surface area (Å²) in [4.78, 5) is 0. The zero-order chi connectivity index (χ0) is 9.42. The molecule has 0 aromatic heterocycles. The van der Waals surface area contributed by atoms with E-state index < -0.39 is 0 Å². The lowest BCUT2D eigenvalue weighted by Crippen LogP contribution is -2.01. The van der Waals surface area contributed by atoms with Crippen molar-refractivity contribution in [1.29, 1.82) is 0 Å². The Labute approximate surface area is 84.9 Å². The molecule has 0 heterocycles. The molecule has 0 aliphatic heterocycles. The van der Waals surface area contributed by atoms with Crippen LogP contribution in [0.15, 0.2) is 18.2 Å². The molecule has 1 heteroatoms. The first-order valence-electron chi connectivity index (χ1n) is 4.97. The molecule has 1 aromatic rings. The molecule has 0 radical (unpaired) electrons. The van der Waals surface area contributed by atoms with E-state index >= 15 is 0 Å². The van der Waals surface area contributed by atoms with Crippen molar-refractivity contribution in [3.8, 4) is 0 Å². The maximum absolute atomic E-state index is 6.14. The van der Waals surface area contributed by atoms with Gasteiger partial charge in [0.05, 0.1) is 0 Å². The zero-order valence-corrected chi connectivity index (χ0v) is 8.93. The van der Waals surface area contributed by atoms with Crippen molar-refractivity contribution < 1.29 is 0 Å². The van der Waals surface area contributed by atoms with Gasteiger partial charge in [-0.25, -0.2) is 0 Å². The summed E-state index contributed by atoms with van der Waals surface area (Å²) in [5, 5.41) is 0.959. The average Bonchev–Trinajstić information content (AvgIpc) is 2.48. The first-order valence-corrected chi connectivity index (χ1v) is 5.35. The molecule has 1 unspecified atom stereocenters. The summed E-state index contributed by atoms with van der Waals surface area (Å²) in [6, 6.07) is 6.31. The molecular weight excluding hydrogens is 180 g/mol. The fraction of sp³-hybridized carbons (Fsp3) is 0.500. The van der Waals surface area contributed by atoms with Gasteiger partial charge < -0.3 is 0 Å². The van der Waals surface area contributed by atoms with E-state index in [4.69, 9.17) is 11.6 Å². The number of hydrogen-bond acceptors (Lipinski definition) is 0. The fourth-order valence-electron chi connectivity index (χ4n) is 2.33. The third-order valence-electron chi connectivity index (χ3n) is 3.06. The number of benzene rings is 1. The van der Waals surface area contributed by atoms with Crippen LogP contribution in [0.4, 0.5) is 0 Å². The third kappa shape index (κ3) is 1.48. The molecule has 13 heavy (non-hydrogen) atoms. The van der Waals surface area contributed by atoms with Gasteiger partial charge in [0.25, 0.3) is 0 Å². The van der Waals surface area contributed by atoms with Crippen LogP contribution in [0.2, 0.25) is 5.02 Å². The van der Waals surface area contributed by atoms with Crippen molar-refractivity contribution >= 4 is 11.6 Å². The van der Waals surface area contributed by atoms with Gasteiger partial charge in [0.2, 0.25) is 0 Å². The Morgan fingerprint density at radius 3 is 2.85 bits per heavy atom. The monoisotopic (exact) mass is 194 g/mol. The Balaban J connectivity index is 2.43. The minimum absolute atomic E-state index is 0.730. The van der Waals surface area contributed by atoms with Crippen LogP contribution in [0.3, 0.4) is 0 Å². The largest absolute Gasteiger partial charge is 0.0840 e. The zero-order valence-electron chi connectivity index (χ0n) is 8.18. The van der Waals surface area contributed by atoms with Gasteiger partial charge >= 0.3 is 0 Å². The summed E-state index contributed by atoms with van der Waals surface area (Å²) >= 11 is 6.14. The maximum Gasteiger partial charge on any atom is 0.0440 e. The van der Waals surface area contributed by atoms with E-state index in [0.717, 1.165) is 23.3 Å². The van der Waals surface area contributed by atoms with Gasteiger partial charge in [-0.05, 0) is 41.9 Å². The van der Waals surface area contributed by atoms with Gasteiger partial charge in [-0.2, -0.15) is 0 Å². The van der Waals surface area contributed by atoms with Crippen LogP contribution >= 0.6 is 11.6 Å². The lowest BCUT2D eigenvalue weighted by molar-refractivity contribution is 0.496. The van der Waals surface area contributed by atoms with Gasteiger partial charge in [-0.1, -0.05) is 37.6 Å². The van der Waals surface area contributed by atoms with Crippen LogP contribution in [-0.2, 0) is 6.42 Å². The minimum atomic E-state index is 0.730. The first kappa shape index (κ1) is 9.08. The third-order valence-corrected chi connectivity index (χ3v) is 3.42. The van der Waals surface area contributed by atoms with Crippen molar-refractivity contribution in [3.05, 3.63) is 34.3 Å². The summed E-state index contributed by atoms with van der Waals surface area (Å²) in [6.45, 7) is 4.58. The molecule has 70 valence electrons. The smallest absolute Gasteiger partial charge is 0.0440 e. The Kier molecular flexibility index (Phi) is 2.33. The minimum Gasteiger partial charge on any atom is -0.0840 e. The van der Waals surface area contributed by atoms with Gasteiger partial charge in [-0.15, -0.1) is 0 Å². The molecule has 0 saturated heterocycles. The number of halogens is 1. The lowest BCUT2D eigenvalue weighted by Gasteiger charge is -2.15. The van der Waals surface area contributed by atoms with Crippen LogP contribution in [0.1, 0.15) is 37.3 Å². The van der Waals surface area contributed by atoms with Crippen molar-refractivity contribution in [1.82, 2.24) is 0 Å². The molecule has 0 saturated carbocycles. The van der Waals surface area contributed by atoms with E-state index in [1.165, 1.54) is 17.5 Å². The summed E-state index contributed by atoms with van der Waals surface area (Å²) in [5.41, 5.74) is 2.88. The highest BCUT2D eigenvalue weighted by Gasteiger charge is 2.25. The Morgan fingerprint density at radius 2 is 2.15 bits per heavy atom. The maximum atomic E-state index is 6.14. The van der Waals surface area contributed by atoms with Crippen molar-refractivity contribution in [2.45, 2.75) is 32.6 Å². The molecule has 0 N–H and O–H groups in total. The molecular formula is C12H15Cl. The molecule has 1 atom stereocenters. The van der Waals surface area contributed by atoms with Gasteiger partial charge in [0.15, 0.2) is 0 Å². The summed E-state index contributed by atoms with van der Waals surface area (Å²) in [5.74, 6) is 1.47. The second-order valence-electron chi connectivity index (χ2n) is 4.20. The molecule has 1 aromatic carbocycles.